The topological polar surface area (TPSA) is 94.5 Å². The molecule has 0 atom stereocenters. The number of rotatable bonds is 5. The fraction of sp³-hybridized carbons (Fsp3) is 0.273. The molecular formula is C11H11N5O3S. The van der Waals surface area contributed by atoms with Gasteiger partial charge in [-0.1, -0.05) is 5.21 Å². The second-order valence-corrected chi connectivity index (χ2v) is 4.98. The molecule has 8 nitrogen and oxygen atoms in total. The molecule has 0 amide bonds. The Morgan fingerprint density at radius 3 is 3.10 bits per heavy atom. The molecule has 0 fully saturated rings. The summed E-state index contributed by atoms with van der Waals surface area (Å²) in [6.07, 6.45) is 3.79. The number of hydrogen-bond acceptors (Lipinski definition) is 6. The van der Waals surface area contributed by atoms with Crippen LogP contribution in [0.4, 0.5) is 0 Å². The lowest BCUT2D eigenvalue weighted by atomic mass is 10.3. The van der Waals surface area contributed by atoms with Gasteiger partial charge in [-0.05, 0) is 0 Å². The maximum absolute atomic E-state index is 11.1. The minimum Gasteiger partial charge on any atom is -0.476 e. The van der Waals surface area contributed by atoms with Crippen LogP contribution in [0.25, 0.3) is 4.96 Å². The molecule has 0 bridgehead atoms. The molecule has 1 N–H and O–H groups in total. The van der Waals surface area contributed by atoms with Crippen LogP contribution >= 0.6 is 11.3 Å². The van der Waals surface area contributed by atoms with E-state index in [1.165, 1.54) is 23.1 Å². The van der Waals surface area contributed by atoms with E-state index in [0.717, 1.165) is 10.7 Å². The molecule has 0 aliphatic heterocycles. The Kier molecular flexibility index (Phi) is 3.20. The first-order valence-corrected chi connectivity index (χ1v) is 6.62. The second-order valence-electron chi connectivity index (χ2n) is 4.11. The van der Waals surface area contributed by atoms with Gasteiger partial charge in [-0.2, -0.15) is 0 Å². The molecule has 9 heteroatoms. The molecule has 20 heavy (non-hydrogen) atoms. The summed E-state index contributed by atoms with van der Waals surface area (Å²) in [5.41, 5.74) is 1.13. The van der Waals surface area contributed by atoms with Gasteiger partial charge in [0.1, 0.15) is 0 Å². The summed E-state index contributed by atoms with van der Waals surface area (Å²) in [4.78, 5) is 16.4. The zero-order valence-corrected chi connectivity index (χ0v) is 11.4. The average molecular weight is 293 g/mol. The van der Waals surface area contributed by atoms with Crippen molar-refractivity contribution in [1.82, 2.24) is 24.4 Å². The lowest BCUT2D eigenvalue weighted by Crippen LogP contribution is -2.10. The summed E-state index contributed by atoms with van der Waals surface area (Å²) >= 11 is 1.53. The molecule has 3 aromatic heterocycles. The minimum absolute atomic E-state index is 0.0899. The zero-order valence-electron chi connectivity index (χ0n) is 10.6. The second kappa shape index (κ2) is 5.02. The Labute approximate surface area is 117 Å². The molecule has 0 saturated heterocycles. The molecule has 104 valence electrons. The highest BCUT2D eigenvalue weighted by Gasteiger charge is 2.19. The van der Waals surface area contributed by atoms with E-state index in [9.17, 15) is 4.79 Å². The Morgan fingerprint density at radius 2 is 2.40 bits per heavy atom. The third-order valence-electron chi connectivity index (χ3n) is 2.78. The van der Waals surface area contributed by atoms with E-state index in [4.69, 9.17) is 9.84 Å². The van der Waals surface area contributed by atoms with Crippen molar-refractivity contribution in [1.29, 1.82) is 0 Å². The predicted molar refractivity (Wildman–Crippen MR) is 69.9 cm³/mol. The molecule has 0 unspecified atom stereocenters. The van der Waals surface area contributed by atoms with Gasteiger partial charge in [-0.3, -0.25) is 4.40 Å². The van der Waals surface area contributed by atoms with Gasteiger partial charge in [-0.25, -0.2) is 14.5 Å². The van der Waals surface area contributed by atoms with Crippen LogP contribution in [0, 0.1) is 0 Å². The number of carboxylic acid groups (broad SMARTS) is 1. The van der Waals surface area contributed by atoms with Gasteiger partial charge in [0, 0.05) is 24.9 Å². The van der Waals surface area contributed by atoms with Gasteiger partial charge >= 0.3 is 5.97 Å². The predicted octanol–water partition coefficient (Wildman–Crippen LogP) is 0.880. The smallest absolute Gasteiger partial charge is 0.358 e. The standard InChI is InChI=1S/C11H11N5O3S/c1-19-6-8-9(10(17)18)13-14-16(8)5-7-4-15-2-3-20-11(15)12-7/h2-4H,5-6H2,1H3,(H,17,18). The van der Waals surface area contributed by atoms with Crippen molar-refractivity contribution >= 4 is 22.3 Å². The Hall–Kier alpha value is -2.26. The van der Waals surface area contributed by atoms with Crippen molar-refractivity contribution in [2.24, 2.45) is 0 Å². The molecule has 3 heterocycles. The molecule has 0 spiro atoms. The summed E-state index contributed by atoms with van der Waals surface area (Å²) in [6.45, 7) is 0.490. The van der Waals surface area contributed by atoms with Crippen LogP contribution in [-0.4, -0.2) is 42.6 Å². The van der Waals surface area contributed by atoms with E-state index >= 15 is 0 Å². The number of thiazole rings is 1. The summed E-state index contributed by atoms with van der Waals surface area (Å²) < 4.78 is 8.42. The number of nitrogens with zero attached hydrogens (tertiary/aromatic N) is 5. The van der Waals surface area contributed by atoms with Gasteiger partial charge in [0.2, 0.25) is 0 Å². The van der Waals surface area contributed by atoms with Crippen molar-refractivity contribution in [2.75, 3.05) is 7.11 Å². The van der Waals surface area contributed by atoms with Crippen molar-refractivity contribution in [2.45, 2.75) is 13.2 Å². The Morgan fingerprint density at radius 1 is 1.55 bits per heavy atom. The number of fused-ring (bicyclic) bond motifs is 1. The first kappa shape index (κ1) is 12.8. The number of methoxy groups -OCH3 is 1. The zero-order chi connectivity index (χ0) is 14.1. The number of carboxylic acids is 1. The minimum atomic E-state index is -1.12. The molecule has 3 rings (SSSR count). The number of carbonyl (C=O) groups is 1. The summed E-state index contributed by atoms with van der Waals surface area (Å²) in [5, 5.41) is 18.5. The number of hydrogen-bond donors (Lipinski definition) is 1. The first-order valence-electron chi connectivity index (χ1n) is 5.74. The lowest BCUT2D eigenvalue weighted by Gasteiger charge is -2.04. The quantitative estimate of drug-likeness (QED) is 0.750. The van der Waals surface area contributed by atoms with E-state index in [1.807, 2.05) is 22.2 Å². The molecule has 0 aromatic carbocycles. The van der Waals surface area contributed by atoms with E-state index in [0.29, 0.717) is 12.2 Å². The van der Waals surface area contributed by atoms with Crippen molar-refractivity contribution in [3.63, 3.8) is 0 Å². The molecule has 0 aliphatic rings. The fourth-order valence-electron chi connectivity index (χ4n) is 1.91. The van der Waals surface area contributed by atoms with Crippen LogP contribution in [0.2, 0.25) is 0 Å². The van der Waals surface area contributed by atoms with Gasteiger partial charge in [-0.15, -0.1) is 16.4 Å². The number of ether oxygens (including phenoxy) is 1. The van der Waals surface area contributed by atoms with Crippen molar-refractivity contribution in [3.05, 3.63) is 34.9 Å². The van der Waals surface area contributed by atoms with Crippen LogP contribution in [0.3, 0.4) is 0 Å². The van der Waals surface area contributed by atoms with Crippen LogP contribution in [0.1, 0.15) is 21.9 Å². The molecule has 0 radical (unpaired) electrons. The van der Waals surface area contributed by atoms with Crippen LogP contribution in [0.15, 0.2) is 17.8 Å². The maximum Gasteiger partial charge on any atom is 0.358 e. The third-order valence-corrected chi connectivity index (χ3v) is 3.55. The first-order chi connectivity index (χ1) is 9.69. The third kappa shape index (κ3) is 2.17. The van der Waals surface area contributed by atoms with E-state index in [2.05, 4.69) is 15.3 Å². The van der Waals surface area contributed by atoms with Crippen LogP contribution < -0.4 is 0 Å². The van der Waals surface area contributed by atoms with Gasteiger partial charge in [0.05, 0.1) is 24.5 Å². The number of imidazole rings is 1. The largest absolute Gasteiger partial charge is 0.476 e. The van der Waals surface area contributed by atoms with Crippen LogP contribution in [0.5, 0.6) is 0 Å². The van der Waals surface area contributed by atoms with Crippen molar-refractivity contribution < 1.29 is 14.6 Å². The van der Waals surface area contributed by atoms with Crippen LogP contribution in [-0.2, 0) is 17.9 Å². The Bertz CT molecular complexity index is 731. The van der Waals surface area contributed by atoms with E-state index in [1.54, 1.807) is 0 Å². The SMILES string of the molecule is COCc1c(C(=O)O)nnn1Cc1cn2ccsc2n1. The average Bonchev–Trinajstić information content (AvgIpc) is 3.05. The van der Waals surface area contributed by atoms with E-state index < -0.39 is 5.97 Å². The summed E-state index contributed by atoms with van der Waals surface area (Å²) in [7, 11) is 1.50. The molecule has 0 aliphatic carbocycles. The summed E-state index contributed by atoms with van der Waals surface area (Å²) in [5.74, 6) is -1.12. The number of aromatic nitrogens is 5. The highest BCUT2D eigenvalue weighted by Crippen LogP contribution is 2.14. The maximum atomic E-state index is 11.1. The van der Waals surface area contributed by atoms with Gasteiger partial charge in [0.15, 0.2) is 10.7 Å². The monoisotopic (exact) mass is 293 g/mol. The normalized spacial score (nSPS) is 11.2. The molecular weight excluding hydrogens is 282 g/mol. The van der Waals surface area contributed by atoms with E-state index in [-0.39, 0.29) is 12.3 Å². The highest BCUT2D eigenvalue weighted by atomic mass is 32.1. The lowest BCUT2D eigenvalue weighted by molar-refractivity contribution is 0.0684. The summed E-state index contributed by atoms with van der Waals surface area (Å²) in [6, 6.07) is 0. The highest BCUT2D eigenvalue weighted by molar-refractivity contribution is 7.15. The molecule has 0 saturated carbocycles. The van der Waals surface area contributed by atoms with Gasteiger partial charge < -0.3 is 9.84 Å². The Balaban J connectivity index is 1.93. The molecule has 3 aromatic rings. The fourth-order valence-corrected chi connectivity index (χ4v) is 2.63. The number of aromatic carboxylic acids is 1. The van der Waals surface area contributed by atoms with Gasteiger partial charge in [0.25, 0.3) is 0 Å². The van der Waals surface area contributed by atoms with Crippen molar-refractivity contribution in [3.8, 4) is 0 Å².